The first-order valence-corrected chi connectivity index (χ1v) is 24.0. The Hall–Kier alpha value is -0.200. The van der Waals surface area contributed by atoms with Crippen molar-refractivity contribution in [2.45, 2.75) is 245 Å². The van der Waals surface area contributed by atoms with Gasteiger partial charge in [0.2, 0.25) is 0 Å². The predicted molar refractivity (Wildman–Crippen MR) is 229 cm³/mol. The average molecular weight is 737 g/mol. The number of aliphatic hydroxyl groups is 1. The molecule has 1 N–H and O–H groups in total. The van der Waals surface area contributed by atoms with Gasteiger partial charge in [0.25, 0.3) is 0 Å². The third-order valence-corrected chi connectivity index (χ3v) is 11.8. The SMILES string of the molecule is CCCCCCCCCCCCOCC(CN(CCCCCCCCCCCC)CCN(CCO)C1CCC1)OCCCCCCCCCCCC. The minimum atomic E-state index is 0.153. The van der Waals surface area contributed by atoms with Gasteiger partial charge in [-0.05, 0) is 38.6 Å². The Morgan fingerprint density at radius 1 is 0.481 bits per heavy atom. The van der Waals surface area contributed by atoms with Crippen molar-refractivity contribution in [1.29, 1.82) is 0 Å². The van der Waals surface area contributed by atoms with Crippen LogP contribution in [0.25, 0.3) is 0 Å². The minimum absolute atomic E-state index is 0.153. The normalized spacial score (nSPS) is 14.2. The Morgan fingerprint density at radius 3 is 1.33 bits per heavy atom. The van der Waals surface area contributed by atoms with Crippen molar-refractivity contribution in [3.05, 3.63) is 0 Å². The van der Waals surface area contributed by atoms with Crippen molar-refractivity contribution < 1.29 is 14.6 Å². The molecule has 0 spiro atoms. The molecule has 0 aromatic rings. The van der Waals surface area contributed by atoms with E-state index in [0.29, 0.717) is 6.04 Å². The van der Waals surface area contributed by atoms with Crippen LogP contribution >= 0.6 is 0 Å². The fourth-order valence-electron chi connectivity index (χ4n) is 7.93. The number of aliphatic hydroxyl groups excluding tert-OH is 1. The molecule has 5 nitrogen and oxygen atoms in total. The van der Waals surface area contributed by atoms with E-state index in [9.17, 15) is 5.11 Å². The summed E-state index contributed by atoms with van der Waals surface area (Å²) in [6, 6.07) is 0.680. The van der Waals surface area contributed by atoms with Gasteiger partial charge in [0, 0.05) is 45.4 Å². The van der Waals surface area contributed by atoms with Gasteiger partial charge in [-0.3, -0.25) is 9.80 Å². The van der Waals surface area contributed by atoms with E-state index in [1.165, 1.54) is 212 Å². The highest BCUT2D eigenvalue weighted by molar-refractivity contribution is 4.81. The molecule has 0 aromatic heterocycles. The zero-order valence-corrected chi connectivity index (χ0v) is 36.0. The highest BCUT2D eigenvalue weighted by Gasteiger charge is 2.25. The summed E-state index contributed by atoms with van der Waals surface area (Å²) in [6.45, 7) is 14.7. The molecule has 1 unspecified atom stereocenters. The number of hydrogen-bond acceptors (Lipinski definition) is 5. The number of nitrogens with zero attached hydrogens (tertiary/aromatic N) is 2. The first-order chi connectivity index (χ1) is 25.7. The number of rotatable bonds is 44. The third-order valence-electron chi connectivity index (χ3n) is 11.8. The summed E-state index contributed by atoms with van der Waals surface area (Å²) < 4.78 is 13.0. The average Bonchev–Trinajstić information content (AvgIpc) is 3.12. The molecule has 1 fully saturated rings. The van der Waals surface area contributed by atoms with Crippen LogP contribution < -0.4 is 0 Å². The van der Waals surface area contributed by atoms with E-state index >= 15 is 0 Å². The molecule has 0 saturated heterocycles. The van der Waals surface area contributed by atoms with Gasteiger partial charge in [-0.15, -0.1) is 0 Å². The molecule has 0 amide bonds. The number of unbranched alkanes of at least 4 members (excludes halogenated alkanes) is 27. The van der Waals surface area contributed by atoms with Crippen LogP contribution in [0, 0.1) is 0 Å². The summed E-state index contributed by atoms with van der Waals surface area (Å²) in [5.41, 5.74) is 0. The molecule has 1 rings (SSSR count). The number of hydrogen-bond donors (Lipinski definition) is 1. The molecule has 1 saturated carbocycles. The van der Waals surface area contributed by atoms with Gasteiger partial charge in [0.1, 0.15) is 0 Å². The van der Waals surface area contributed by atoms with Crippen LogP contribution in [0.5, 0.6) is 0 Å². The lowest BCUT2D eigenvalue weighted by atomic mass is 9.91. The van der Waals surface area contributed by atoms with Crippen molar-refractivity contribution in [3.8, 4) is 0 Å². The summed E-state index contributed by atoms with van der Waals surface area (Å²) in [5, 5.41) is 9.80. The van der Waals surface area contributed by atoms with E-state index < -0.39 is 0 Å². The second-order valence-corrected chi connectivity index (χ2v) is 16.8. The second-order valence-electron chi connectivity index (χ2n) is 16.8. The highest BCUT2D eigenvalue weighted by Crippen LogP contribution is 2.24. The summed E-state index contributed by atoms with van der Waals surface area (Å²) in [5.74, 6) is 0. The van der Waals surface area contributed by atoms with E-state index in [1.54, 1.807) is 0 Å². The summed E-state index contributed by atoms with van der Waals surface area (Å²) in [6.07, 6.45) is 45.2. The largest absolute Gasteiger partial charge is 0.395 e. The molecule has 0 bridgehead atoms. The fourth-order valence-corrected chi connectivity index (χ4v) is 7.93. The van der Waals surface area contributed by atoms with Crippen molar-refractivity contribution in [3.63, 3.8) is 0 Å². The lowest BCUT2D eigenvalue weighted by molar-refractivity contribution is -0.0363. The van der Waals surface area contributed by atoms with Crippen LogP contribution in [0.3, 0.4) is 0 Å². The quantitative estimate of drug-likeness (QED) is 0.0631. The van der Waals surface area contributed by atoms with Gasteiger partial charge in [-0.25, -0.2) is 0 Å². The Kier molecular flexibility index (Phi) is 38.8. The fraction of sp³-hybridized carbons (Fsp3) is 1.00. The standard InChI is InChI=1S/C47H96N2O3/c1-4-7-10-13-16-19-22-25-28-31-37-48(38-39-49(40-41-50)46-35-34-36-46)44-47(52-43-33-30-27-24-21-18-15-12-9-6-3)45-51-42-32-29-26-23-20-17-14-11-8-5-2/h46-47,50H,4-45H2,1-3H3. The molecule has 1 atom stereocenters. The molecule has 312 valence electrons. The Labute approximate surface area is 327 Å². The van der Waals surface area contributed by atoms with E-state index in [0.717, 1.165) is 52.5 Å². The van der Waals surface area contributed by atoms with Gasteiger partial charge < -0.3 is 14.6 Å². The lowest BCUT2D eigenvalue weighted by Gasteiger charge is -2.38. The van der Waals surface area contributed by atoms with Crippen LogP contribution in [-0.4, -0.2) is 86.2 Å². The van der Waals surface area contributed by atoms with Crippen LogP contribution in [0.15, 0.2) is 0 Å². The van der Waals surface area contributed by atoms with Crippen LogP contribution in [0.2, 0.25) is 0 Å². The van der Waals surface area contributed by atoms with Gasteiger partial charge in [0.15, 0.2) is 0 Å². The summed E-state index contributed by atoms with van der Waals surface area (Å²) >= 11 is 0. The zero-order chi connectivity index (χ0) is 37.4. The first kappa shape index (κ1) is 49.8. The molecule has 52 heavy (non-hydrogen) atoms. The van der Waals surface area contributed by atoms with Gasteiger partial charge in [-0.2, -0.15) is 0 Å². The maximum atomic E-state index is 9.80. The lowest BCUT2D eigenvalue weighted by Crippen LogP contribution is -2.47. The highest BCUT2D eigenvalue weighted by atomic mass is 16.5. The molecule has 1 aliphatic carbocycles. The van der Waals surface area contributed by atoms with Crippen LogP contribution in [-0.2, 0) is 9.47 Å². The van der Waals surface area contributed by atoms with Crippen molar-refractivity contribution in [2.75, 3.05) is 59.2 Å². The van der Waals surface area contributed by atoms with Crippen molar-refractivity contribution >= 4 is 0 Å². The van der Waals surface area contributed by atoms with E-state index in [1.807, 2.05) is 0 Å². The molecule has 0 aromatic carbocycles. The molecule has 0 heterocycles. The van der Waals surface area contributed by atoms with Crippen LogP contribution in [0.1, 0.15) is 233 Å². The maximum Gasteiger partial charge on any atom is 0.0934 e. The number of ether oxygens (including phenoxy) is 2. The Morgan fingerprint density at radius 2 is 0.904 bits per heavy atom. The summed E-state index contributed by atoms with van der Waals surface area (Å²) in [7, 11) is 0. The van der Waals surface area contributed by atoms with Crippen molar-refractivity contribution in [2.24, 2.45) is 0 Å². The molecule has 0 aliphatic heterocycles. The smallest absolute Gasteiger partial charge is 0.0934 e. The zero-order valence-electron chi connectivity index (χ0n) is 36.0. The van der Waals surface area contributed by atoms with Gasteiger partial charge in [0.05, 0.1) is 19.3 Å². The Balaban J connectivity index is 2.56. The predicted octanol–water partition coefficient (Wildman–Crippen LogP) is 13.3. The second kappa shape index (κ2) is 40.5. The summed E-state index contributed by atoms with van der Waals surface area (Å²) in [4.78, 5) is 5.26. The van der Waals surface area contributed by atoms with Gasteiger partial charge >= 0.3 is 0 Å². The molecule has 1 aliphatic rings. The van der Waals surface area contributed by atoms with Crippen molar-refractivity contribution in [1.82, 2.24) is 9.80 Å². The third kappa shape index (κ3) is 32.1. The molecular formula is C47H96N2O3. The van der Waals surface area contributed by atoms with Crippen LogP contribution in [0.4, 0.5) is 0 Å². The Bertz CT molecular complexity index is 675. The van der Waals surface area contributed by atoms with E-state index in [2.05, 4.69) is 30.6 Å². The van der Waals surface area contributed by atoms with Gasteiger partial charge in [-0.1, -0.05) is 201 Å². The molecular weight excluding hydrogens is 641 g/mol. The first-order valence-electron chi connectivity index (χ1n) is 24.0. The maximum absolute atomic E-state index is 9.80. The monoisotopic (exact) mass is 737 g/mol. The van der Waals surface area contributed by atoms with E-state index in [-0.39, 0.29) is 12.7 Å². The molecule has 0 radical (unpaired) electrons. The topological polar surface area (TPSA) is 45.2 Å². The minimum Gasteiger partial charge on any atom is -0.395 e. The van der Waals surface area contributed by atoms with E-state index in [4.69, 9.17) is 9.47 Å². The molecule has 5 heteroatoms.